The highest BCUT2D eigenvalue weighted by Gasteiger charge is 2.24. The molecule has 1 amide bonds. The van der Waals surface area contributed by atoms with Gasteiger partial charge in [-0.2, -0.15) is 0 Å². The van der Waals surface area contributed by atoms with E-state index in [1.165, 1.54) is 16.5 Å². The molecule has 3 nitrogen and oxygen atoms in total. The van der Waals surface area contributed by atoms with Crippen molar-refractivity contribution in [3.63, 3.8) is 0 Å². The molecule has 2 rings (SSSR count). The van der Waals surface area contributed by atoms with Gasteiger partial charge in [-0.05, 0) is 37.5 Å². The van der Waals surface area contributed by atoms with E-state index in [9.17, 15) is 4.79 Å². The van der Waals surface area contributed by atoms with E-state index in [0.717, 1.165) is 18.4 Å². The van der Waals surface area contributed by atoms with Crippen LogP contribution in [-0.2, 0) is 11.2 Å². The number of carbonyl (C=O) groups excluding carboxylic acids is 1. The number of nitrogens with one attached hydrogen (secondary N) is 2. The molecule has 1 aromatic heterocycles. The first-order valence-corrected chi connectivity index (χ1v) is 7.29. The van der Waals surface area contributed by atoms with Gasteiger partial charge in [0.15, 0.2) is 0 Å². The number of benzene rings is 1. The number of aryl methyl sites for hydroxylation is 1. The third-order valence-electron chi connectivity index (χ3n) is 4.10. The van der Waals surface area contributed by atoms with Gasteiger partial charge in [0.2, 0.25) is 5.91 Å². The SMILES string of the molecule is CCC(C)(C)C(=O)NCCc1c[nH]c2ccc(C)cc12. The molecule has 0 atom stereocenters. The van der Waals surface area contributed by atoms with E-state index in [0.29, 0.717) is 6.54 Å². The van der Waals surface area contributed by atoms with E-state index < -0.39 is 0 Å². The second kappa shape index (κ2) is 5.70. The molecule has 1 aromatic carbocycles. The van der Waals surface area contributed by atoms with Crippen molar-refractivity contribution in [2.45, 2.75) is 40.5 Å². The van der Waals surface area contributed by atoms with Gasteiger partial charge in [0.1, 0.15) is 0 Å². The van der Waals surface area contributed by atoms with Gasteiger partial charge in [0.25, 0.3) is 0 Å². The molecular formula is C17H24N2O. The molecule has 3 heteroatoms. The molecule has 0 aliphatic rings. The minimum atomic E-state index is -0.281. The van der Waals surface area contributed by atoms with Crippen LogP contribution in [-0.4, -0.2) is 17.4 Å². The first-order valence-electron chi connectivity index (χ1n) is 7.29. The Balaban J connectivity index is 2.00. The molecule has 108 valence electrons. The summed E-state index contributed by atoms with van der Waals surface area (Å²) in [5, 5.41) is 4.30. The molecule has 0 unspecified atom stereocenters. The van der Waals surface area contributed by atoms with Crippen molar-refractivity contribution in [1.29, 1.82) is 0 Å². The summed E-state index contributed by atoms with van der Waals surface area (Å²) >= 11 is 0. The number of carbonyl (C=O) groups is 1. The number of fused-ring (bicyclic) bond motifs is 1. The first kappa shape index (κ1) is 14.6. The van der Waals surface area contributed by atoms with Gasteiger partial charge >= 0.3 is 0 Å². The van der Waals surface area contributed by atoms with Crippen molar-refractivity contribution in [2.75, 3.05) is 6.54 Å². The summed E-state index contributed by atoms with van der Waals surface area (Å²) < 4.78 is 0. The van der Waals surface area contributed by atoms with E-state index in [1.54, 1.807) is 0 Å². The second-order valence-corrected chi connectivity index (χ2v) is 6.11. The molecule has 0 bridgehead atoms. The number of hydrogen-bond acceptors (Lipinski definition) is 1. The second-order valence-electron chi connectivity index (χ2n) is 6.11. The van der Waals surface area contributed by atoms with Crippen LogP contribution in [0.25, 0.3) is 10.9 Å². The topological polar surface area (TPSA) is 44.9 Å². The van der Waals surface area contributed by atoms with E-state index in [2.05, 4.69) is 35.4 Å². The van der Waals surface area contributed by atoms with Crippen molar-refractivity contribution in [3.05, 3.63) is 35.5 Å². The Morgan fingerprint density at radius 3 is 2.80 bits per heavy atom. The lowest BCUT2D eigenvalue weighted by atomic mass is 9.89. The van der Waals surface area contributed by atoms with Gasteiger partial charge in [-0.15, -0.1) is 0 Å². The minimum Gasteiger partial charge on any atom is -0.361 e. The molecule has 0 saturated carbocycles. The predicted molar refractivity (Wildman–Crippen MR) is 83.8 cm³/mol. The predicted octanol–water partition coefficient (Wildman–Crippen LogP) is 3.57. The molecule has 0 saturated heterocycles. The minimum absolute atomic E-state index is 0.135. The highest BCUT2D eigenvalue weighted by Crippen LogP contribution is 2.21. The molecule has 1 heterocycles. The fourth-order valence-electron chi connectivity index (χ4n) is 2.21. The van der Waals surface area contributed by atoms with Crippen LogP contribution in [0.3, 0.4) is 0 Å². The average molecular weight is 272 g/mol. The van der Waals surface area contributed by atoms with Crippen LogP contribution >= 0.6 is 0 Å². The number of hydrogen-bond donors (Lipinski definition) is 2. The molecule has 2 aromatic rings. The van der Waals surface area contributed by atoms with Crippen LogP contribution in [0.15, 0.2) is 24.4 Å². The third kappa shape index (κ3) is 3.03. The Hall–Kier alpha value is -1.77. The van der Waals surface area contributed by atoms with E-state index in [-0.39, 0.29) is 11.3 Å². The number of aromatic amines is 1. The van der Waals surface area contributed by atoms with Gasteiger partial charge in [0.05, 0.1) is 0 Å². The Kier molecular flexibility index (Phi) is 4.17. The summed E-state index contributed by atoms with van der Waals surface area (Å²) in [6, 6.07) is 6.40. The summed E-state index contributed by atoms with van der Waals surface area (Å²) in [5.74, 6) is 0.135. The van der Waals surface area contributed by atoms with E-state index in [1.807, 2.05) is 27.0 Å². The molecule has 0 aliphatic heterocycles. The molecule has 2 N–H and O–H groups in total. The third-order valence-corrected chi connectivity index (χ3v) is 4.10. The molecule has 0 radical (unpaired) electrons. The lowest BCUT2D eigenvalue weighted by Gasteiger charge is -2.21. The average Bonchev–Trinajstić information content (AvgIpc) is 2.81. The summed E-state index contributed by atoms with van der Waals surface area (Å²) in [6.45, 7) is 8.79. The van der Waals surface area contributed by atoms with E-state index >= 15 is 0 Å². The normalized spacial score (nSPS) is 11.8. The Morgan fingerprint density at radius 2 is 2.10 bits per heavy atom. The van der Waals surface area contributed by atoms with Gasteiger partial charge in [-0.25, -0.2) is 0 Å². The Morgan fingerprint density at radius 1 is 1.35 bits per heavy atom. The lowest BCUT2D eigenvalue weighted by molar-refractivity contribution is -0.129. The smallest absolute Gasteiger partial charge is 0.225 e. The fourth-order valence-corrected chi connectivity index (χ4v) is 2.21. The number of H-pyrrole nitrogens is 1. The van der Waals surface area contributed by atoms with Gasteiger partial charge in [0, 0.05) is 29.1 Å². The molecule has 0 spiro atoms. The van der Waals surface area contributed by atoms with Crippen molar-refractivity contribution in [1.82, 2.24) is 10.3 Å². The maximum absolute atomic E-state index is 12.0. The zero-order valence-electron chi connectivity index (χ0n) is 12.8. The highest BCUT2D eigenvalue weighted by atomic mass is 16.2. The first-order chi connectivity index (χ1) is 9.44. The fraction of sp³-hybridized carbons (Fsp3) is 0.471. The Bertz CT molecular complexity index is 610. The number of amides is 1. The van der Waals surface area contributed by atoms with Crippen LogP contribution in [0.1, 0.15) is 38.3 Å². The zero-order valence-corrected chi connectivity index (χ0v) is 12.8. The van der Waals surface area contributed by atoms with Gasteiger partial charge in [-0.1, -0.05) is 32.4 Å². The summed E-state index contributed by atoms with van der Waals surface area (Å²) in [5.41, 5.74) is 3.40. The van der Waals surface area contributed by atoms with Crippen molar-refractivity contribution in [2.24, 2.45) is 5.41 Å². The van der Waals surface area contributed by atoms with Crippen LogP contribution in [0, 0.1) is 12.3 Å². The summed E-state index contributed by atoms with van der Waals surface area (Å²) in [6.07, 6.45) is 3.75. The quantitative estimate of drug-likeness (QED) is 0.858. The molecular weight excluding hydrogens is 248 g/mol. The van der Waals surface area contributed by atoms with Crippen molar-refractivity contribution < 1.29 is 4.79 Å². The zero-order chi connectivity index (χ0) is 14.8. The molecule has 20 heavy (non-hydrogen) atoms. The highest BCUT2D eigenvalue weighted by molar-refractivity contribution is 5.84. The standard InChI is InChI=1S/C17H24N2O/c1-5-17(3,4)16(20)18-9-8-13-11-19-15-7-6-12(2)10-14(13)15/h6-7,10-11,19H,5,8-9H2,1-4H3,(H,18,20). The van der Waals surface area contributed by atoms with Gasteiger partial charge in [-0.3, -0.25) is 4.79 Å². The van der Waals surface area contributed by atoms with Crippen molar-refractivity contribution >= 4 is 16.8 Å². The van der Waals surface area contributed by atoms with Crippen LogP contribution in [0.2, 0.25) is 0 Å². The number of rotatable bonds is 5. The van der Waals surface area contributed by atoms with Gasteiger partial charge < -0.3 is 10.3 Å². The Labute approximate surface area is 120 Å². The van der Waals surface area contributed by atoms with E-state index in [4.69, 9.17) is 0 Å². The maximum Gasteiger partial charge on any atom is 0.225 e. The largest absolute Gasteiger partial charge is 0.361 e. The van der Waals surface area contributed by atoms with Crippen molar-refractivity contribution in [3.8, 4) is 0 Å². The summed E-state index contributed by atoms with van der Waals surface area (Å²) in [7, 11) is 0. The maximum atomic E-state index is 12.0. The van der Waals surface area contributed by atoms with Crippen LogP contribution in [0.5, 0.6) is 0 Å². The number of aromatic nitrogens is 1. The molecule has 0 aliphatic carbocycles. The monoisotopic (exact) mass is 272 g/mol. The lowest BCUT2D eigenvalue weighted by Crippen LogP contribution is -2.37. The summed E-state index contributed by atoms with van der Waals surface area (Å²) in [4.78, 5) is 15.3. The van der Waals surface area contributed by atoms with Crippen LogP contribution < -0.4 is 5.32 Å². The molecule has 0 fully saturated rings. The van der Waals surface area contributed by atoms with Crippen LogP contribution in [0.4, 0.5) is 0 Å².